The molecular weight excluding hydrogens is 2090 g/mol. The number of ether oxygens (including phenoxy) is 9. The molecule has 0 radical (unpaired) electrons. The Morgan fingerprint density at radius 3 is 1.35 bits per heavy atom. The predicted molar refractivity (Wildman–Crippen MR) is 490 cm³/mol. The van der Waals surface area contributed by atoms with Crippen LogP contribution in [-0.2, 0) is 168 Å². The molecule has 10 aromatic rings. The topological polar surface area (TPSA) is 810 Å². The number of hydrogen-bond donors (Lipinski definition) is 17. The minimum absolute atomic E-state index is 0.00140. The summed E-state index contributed by atoms with van der Waals surface area (Å²) in [6.07, 6.45) is -25.4. The van der Waals surface area contributed by atoms with E-state index in [0.29, 0.717) is 5.56 Å². The number of nitrogens with two attached hydrogens (primary N) is 5. The average molecular weight is 2180 g/mol. The zero-order chi connectivity index (χ0) is 99.1. The highest BCUT2D eigenvalue weighted by Crippen LogP contribution is 2.65. The molecular formula is C67H85N25O35P6S6. The van der Waals surface area contributed by atoms with Gasteiger partial charge in [0.05, 0.1) is 89.4 Å². The van der Waals surface area contributed by atoms with Gasteiger partial charge in [0.1, 0.15) is 132 Å². The highest BCUT2D eigenvalue weighted by atomic mass is 32.5. The Morgan fingerprint density at radius 2 is 0.842 bits per heavy atom. The van der Waals surface area contributed by atoms with Crippen molar-refractivity contribution in [1.29, 1.82) is 0 Å². The molecule has 9 aliphatic heterocycles. The molecule has 19 heterocycles. The Balaban J connectivity index is 0.580. The maximum atomic E-state index is 14.0. The van der Waals surface area contributed by atoms with Gasteiger partial charge in [-0.05, 0) is 105 Å². The van der Waals surface area contributed by atoms with Crippen molar-refractivity contribution in [2.24, 2.45) is 0 Å². The van der Waals surface area contributed by atoms with Crippen molar-refractivity contribution in [1.82, 2.24) is 97.2 Å². The summed E-state index contributed by atoms with van der Waals surface area (Å²) in [5, 5.41) is 35.2. The number of hydrogen-bond acceptors (Lipinski definition) is 51. The molecule has 72 heteroatoms. The number of aromatic nitrogens is 20. The van der Waals surface area contributed by atoms with Gasteiger partial charge >= 0.3 is 51.7 Å². The fourth-order valence-corrected chi connectivity index (χ4v) is 26.3. The van der Waals surface area contributed by atoms with E-state index in [4.69, 9.17) is 196 Å². The summed E-state index contributed by atoms with van der Waals surface area (Å²) in [5.41, 5.74) is 20.0. The van der Waals surface area contributed by atoms with Gasteiger partial charge in [0.2, 0.25) is 11.9 Å². The van der Waals surface area contributed by atoms with Crippen LogP contribution >= 0.6 is 40.3 Å². The second-order valence-corrected chi connectivity index (χ2v) is 50.1. The molecule has 10 aromatic heterocycles. The summed E-state index contributed by atoms with van der Waals surface area (Å²) >= 11 is 33.8. The number of nitrogen functional groups attached to an aromatic ring is 5. The molecule has 0 spiro atoms. The molecule has 9 aliphatic rings. The number of aliphatic hydroxyl groups is 3. The van der Waals surface area contributed by atoms with Gasteiger partial charge in [-0.15, -0.1) is 0 Å². The summed E-state index contributed by atoms with van der Waals surface area (Å²) in [6.45, 7) is -26.1. The van der Waals surface area contributed by atoms with Gasteiger partial charge in [-0.25, -0.2) is 49.5 Å². The molecule has 139 heavy (non-hydrogen) atoms. The second-order valence-electron chi connectivity index (χ2n) is 33.2. The third-order valence-corrected chi connectivity index (χ3v) is 34.3. The van der Waals surface area contributed by atoms with E-state index in [9.17, 15) is 68.7 Å². The monoisotopic (exact) mass is 2180 g/mol. The molecule has 9 fully saturated rings. The molecule has 32 atom stereocenters. The number of anilines is 5. The lowest BCUT2D eigenvalue weighted by Gasteiger charge is -2.38. The van der Waals surface area contributed by atoms with Crippen LogP contribution in [0, 0.1) is 13.8 Å². The molecule has 19 rings (SSSR count). The van der Waals surface area contributed by atoms with Crippen LogP contribution in [0.3, 0.4) is 0 Å². The largest absolute Gasteiger partial charge is 0.393 e. The Morgan fingerprint density at radius 1 is 0.439 bits per heavy atom. The second kappa shape index (κ2) is 37.2. The standard InChI is InChI=1S/C67H85N25O35P6S6/c1-22-8-87(63(99)81-46(22)68)58-40-43(65(13-93,119-58)24(3)113-40)125-132(105,138)111-15-67-26(5)115-42(60(121-67)92-21-80-35-52(92)83-62(72)85-55(35)98)45(67)127-133(106,139)112-14-66-25(4)114-41(59(120-66)88-9-23(2)53(96)86-64(88)100)44(66)126-131(104,137)108-10-28-27(7-31(116-28)89-18-77-32-47(69)73-16-75-49(32)89)122-129(102,135)109-11-30-39(37(95)56(117-30)90-19-78-33-48(70)74-17-76-50(33)90)124-130(103,136)110-12-29-38(123-128(101,134)107-6)36(94)57(118-29)91-20-79-34-51(91)82-61(71)84-54(34)97/h8-9,16-21,24-31,36-45,56-60,93-95H,7,10-15H2,1-6H3,(H,101,134)(H,102,135)(H,103,136)(H,104,137)(H,105,138)(H,106,139)(H2,68,81,99)(H2,69,73,75)(H2,70,74,76)(H,86,96,100)(H3,71,82,84,97)(H3,72,83,85,98)/t24-,25-,26-,27+,28+,29+,30+,31+,36?,37?,38-,39-,40?,41?,42?,43+,44+,45+,56+,57+,58+,59+,60+,65-,66-,67-,128?,129?,130?,131?,132?,133?/m0/s1. The normalized spacial score (nSPS) is 34.6. The maximum absolute atomic E-state index is 14.0. The molecule has 0 amide bonds. The summed E-state index contributed by atoms with van der Waals surface area (Å²) in [7, 11) is 1.04. The van der Waals surface area contributed by atoms with Gasteiger partial charge in [-0.1, -0.05) is 0 Å². The number of aromatic amines is 3. The summed E-state index contributed by atoms with van der Waals surface area (Å²) in [6, 6.07) is 0. The van der Waals surface area contributed by atoms with E-state index in [2.05, 4.69) is 69.8 Å². The minimum atomic E-state index is -4.97. The lowest BCUT2D eigenvalue weighted by molar-refractivity contribution is -0.219. The highest BCUT2D eigenvalue weighted by Gasteiger charge is 2.73. The molecule has 0 aromatic carbocycles. The Kier molecular flexibility index (Phi) is 27.0. The fourth-order valence-electron chi connectivity index (χ4n) is 18.1. The zero-order valence-corrected chi connectivity index (χ0v) is 82.4. The van der Waals surface area contributed by atoms with E-state index in [0.717, 1.165) is 46.0 Å². The minimum Gasteiger partial charge on any atom is -0.393 e. The fraction of sp³-hybridized carbons (Fsp3) is 0.582. The van der Waals surface area contributed by atoms with Gasteiger partial charge in [0.25, 0.3) is 16.7 Å². The summed E-state index contributed by atoms with van der Waals surface area (Å²) < 4.78 is 138. The van der Waals surface area contributed by atoms with Gasteiger partial charge < -0.3 is 148 Å². The first-order valence-corrected chi connectivity index (χ1v) is 56.9. The van der Waals surface area contributed by atoms with Crippen LogP contribution in [0.25, 0.3) is 44.7 Å². The van der Waals surface area contributed by atoms with Gasteiger partial charge in [0.15, 0.2) is 76.4 Å². The first-order valence-electron chi connectivity index (χ1n) is 41.3. The number of nitrogens with one attached hydrogen (secondary N) is 3. The van der Waals surface area contributed by atoms with Crippen LogP contribution in [0.15, 0.2) is 74.3 Å². The molecule has 6 bridgehead atoms. The maximum Gasteiger partial charge on any atom is 0.351 e. The van der Waals surface area contributed by atoms with E-state index in [-0.39, 0.29) is 86.0 Å². The predicted octanol–water partition coefficient (Wildman–Crippen LogP) is -3.43. The molecule has 0 aliphatic carbocycles. The van der Waals surface area contributed by atoms with E-state index < -0.39 is 266 Å². The van der Waals surface area contributed by atoms with Crippen molar-refractivity contribution < 1.29 is 142 Å². The number of rotatable bonds is 35. The van der Waals surface area contributed by atoms with Crippen molar-refractivity contribution in [3.63, 3.8) is 0 Å². The third kappa shape index (κ3) is 18.4. The van der Waals surface area contributed by atoms with Crippen molar-refractivity contribution in [2.45, 2.75) is 199 Å². The first kappa shape index (κ1) is 101. The Labute approximate surface area is 807 Å². The molecule has 0 saturated carbocycles. The SMILES string of the molecule is COP(O)(=S)O[C@@H]1C(O)[C@H](n2cnc3c(=O)[nH]c(N)nc32)O[C@@H]1COP(O)(=S)O[C@@H]1C(O)[C@H](n2cnc3c(N)ncnc32)O[C@@H]1COP(O)(=S)O[C@@H]1C[C@H](n2cnc3c(N)ncnc32)O[C@@H]1COP(O)(=S)O[C@@H]1C2O[C@@H](C)[C@]1(COP(O)(=S)O[C@@H]1C3O[C@@H](C)[C@]1(COP(O)(=S)O[C@@H]1C4O[C@@H](C)[C@]1(CO)O[C@H]4n1cc(C)c(N)nc1=O)O[C@H]3n1cnc3c(=O)[nH]c(N)nc31)O[C@H]2n1cc(C)c(=O)[nH]c1=O. The van der Waals surface area contributed by atoms with Gasteiger partial charge in [0, 0.05) is 37.1 Å². The quantitative estimate of drug-likeness (QED) is 0.0172. The van der Waals surface area contributed by atoms with Crippen LogP contribution in [0.1, 0.15) is 75.7 Å². The van der Waals surface area contributed by atoms with E-state index >= 15 is 0 Å². The third-order valence-electron chi connectivity index (χ3n) is 24.9. The van der Waals surface area contributed by atoms with Crippen LogP contribution in [0.4, 0.5) is 29.4 Å². The molecule has 60 nitrogen and oxygen atoms in total. The smallest absolute Gasteiger partial charge is 0.351 e. The highest BCUT2D eigenvalue weighted by molar-refractivity contribution is 8.08. The van der Waals surface area contributed by atoms with E-state index in [1.807, 2.05) is 0 Å². The van der Waals surface area contributed by atoms with Crippen molar-refractivity contribution in [3.05, 3.63) is 114 Å². The number of imidazole rings is 4. The number of fused-ring (bicyclic) bond motifs is 10. The van der Waals surface area contributed by atoms with Crippen LogP contribution in [0.5, 0.6) is 0 Å². The Hall–Kier alpha value is -6.94. The Bertz CT molecular complexity index is 7180. The lowest BCUT2D eigenvalue weighted by atomic mass is 9.94. The zero-order valence-electron chi connectivity index (χ0n) is 72.1. The van der Waals surface area contributed by atoms with E-state index in [1.54, 1.807) is 13.8 Å². The van der Waals surface area contributed by atoms with Crippen LogP contribution < -0.4 is 56.7 Å². The number of nitrogens with zero attached hydrogens (tertiary/aromatic N) is 17. The van der Waals surface area contributed by atoms with Gasteiger partial charge in [-0.3, -0.25) is 79.4 Å². The molecule has 22 N–H and O–H groups in total. The van der Waals surface area contributed by atoms with Crippen LogP contribution in [0.2, 0.25) is 0 Å². The molecule has 9 saturated heterocycles. The number of aryl methyl sites for hydroxylation is 2. The lowest BCUT2D eigenvalue weighted by Crippen LogP contribution is -2.52. The van der Waals surface area contributed by atoms with Crippen molar-refractivity contribution in [2.75, 3.05) is 75.4 Å². The van der Waals surface area contributed by atoms with Crippen molar-refractivity contribution in [3.8, 4) is 0 Å². The number of aliphatic hydroxyl groups excluding tert-OH is 3. The average Bonchev–Trinajstić information content (AvgIpc) is 1.52. The molecule has 754 valence electrons. The molecule has 11 unspecified atom stereocenters. The number of H-pyrrole nitrogens is 3. The summed E-state index contributed by atoms with van der Waals surface area (Å²) in [4.78, 5) is 192. The first-order chi connectivity index (χ1) is 65.5. The van der Waals surface area contributed by atoms with Crippen molar-refractivity contribution >= 4 is 185 Å². The van der Waals surface area contributed by atoms with Crippen LogP contribution in [-0.4, -0.2) is 309 Å². The van der Waals surface area contributed by atoms with E-state index in [1.165, 1.54) is 59.7 Å². The summed E-state index contributed by atoms with van der Waals surface area (Å²) in [5.74, 6) is -0.849. The van der Waals surface area contributed by atoms with Gasteiger partial charge in [-0.2, -0.15) is 15.0 Å².